The van der Waals surface area contributed by atoms with Crippen LogP contribution < -0.4 is 5.43 Å². The van der Waals surface area contributed by atoms with Gasteiger partial charge in [0.1, 0.15) is 11.5 Å². The highest BCUT2D eigenvalue weighted by atomic mass is 79.9. The predicted molar refractivity (Wildman–Crippen MR) is 110 cm³/mol. The first-order valence-electron chi connectivity index (χ1n) is 8.27. The van der Waals surface area contributed by atoms with Crippen LogP contribution in [-0.2, 0) is 7.05 Å². The molecule has 2 aromatic carbocycles. The van der Waals surface area contributed by atoms with Gasteiger partial charge in [-0.25, -0.2) is 10.4 Å². The molecular weight excluding hydrogens is 426 g/mol. The number of fused-ring (bicyclic) bond motifs is 1. The Hall–Kier alpha value is -3.46. The molecular formula is C19H14BrN5O3. The molecule has 0 aliphatic carbocycles. The zero-order valence-corrected chi connectivity index (χ0v) is 16.3. The van der Waals surface area contributed by atoms with E-state index in [9.17, 15) is 10.1 Å². The van der Waals surface area contributed by atoms with Crippen LogP contribution in [0.25, 0.3) is 22.4 Å². The van der Waals surface area contributed by atoms with Crippen molar-refractivity contribution in [3.63, 3.8) is 0 Å². The molecule has 9 heteroatoms. The Morgan fingerprint density at radius 1 is 1.25 bits per heavy atom. The lowest BCUT2D eigenvalue weighted by Gasteiger charge is -2.00. The van der Waals surface area contributed by atoms with Crippen LogP contribution in [0, 0.1) is 10.1 Å². The number of para-hydroxylation sites is 2. The standard InChI is InChI=1S/C19H14BrN5O3/c1-24-16-5-3-2-4-15(16)22-19(24)23-21-11-13-7-9-18(28-13)14-8-6-12(20)10-17(14)25(26)27/h2-11H,1H3,(H,22,23)/b21-11-. The summed E-state index contributed by atoms with van der Waals surface area (Å²) in [6.07, 6.45) is 1.49. The number of hydrogen-bond donors (Lipinski definition) is 1. The second-order valence-corrected chi connectivity index (χ2v) is 6.89. The van der Waals surface area contributed by atoms with E-state index in [1.165, 1.54) is 12.3 Å². The van der Waals surface area contributed by atoms with Gasteiger partial charge < -0.3 is 8.98 Å². The molecule has 0 unspecified atom stereocenters. The second-order valence-electron chi connectivity index (χ2n) is 5.97. The van der Waals surface area contributed by atoms with Crippen LogP contribution in [0.5, 0.6) is 0 Å². The summed E-state index contributed by atoms with van der Waals surface area (Å²) in [5.74, 6) is 1.44. The fourth-order valence-corrected chi connectivity index (χ4v) is 3.18. The van der Waals surface area contributed by atoms with Gasteiger partial charge in [0.25, 0.3) is 5.69 Å². The lowest BCUT2D eigenvalue weighted by molar-refractivity contribution is -0.384. The molecule has 0 saturated carbocycles. The molecule has 0 fully saturated rings. The third-order valence-electron chi connectivity index (χ3n) is 4.19. The third kappa shape index (κ3) is 3.39. The van der Waals surface area contributed by atoms with E-state index in [2.05, 4.69) is 31.4 Å². The molecule has 8 nitrogen and oxygen atoms in total. The number of hydrazone groups is 1. The number of nitrogens with one attached hydrogen (secondary N) is 1. The maximum Gasteiger partial charge on any atom is 0.281 e. The summed E-state index contributed by atoms with van der Waals surface area (Å²) in [7, 11) is 1.89. The molecule has 1 N–H and O–H groups in total. The zero-order valence-electron chi connectivity index (χ0n) is 14.7. The predicted octanol–water partition coefficient (Wildman–Crippen LogP) is 4.95. The van der Waals surface area contributed by atoms with Gasteiger partial charge in [0.05, 0.1) is 27.7 Å². The van der Waals surface area contributed by atoms with E-state index in [4.69, 9.17) is 4.42 Å². The van der Waals surface area contributed by atoms with Gasteiger partial charge in [0, 0.05) is 17.6 Å². The number of nitrogens with zero attached hydrogens (tertiary/aromatic N) is 4. The summed E-state index contributed by atoms with van der Waals surface area (Å²) >= 11 is 3.24. The molecule has 2 aromatic heterocycles. The molecule has 0 radical (unpaired) electrons. The Kier molecular flexibility index (Phi) is 4.66. The number of hydrogen-bond acceptors (Lipinski definition) is 6. The third-order valence-corrected chi connectivity index (χ3v) is 4.69. The number of furan rings is 1. The van der Waals surface area contributed by atoms with Crippen molar-refractivity contribution in [1.82, 2.24) is 9.55 Å². The van der Waals surface area contributed by atoms with E-state index < -0.39 is 4.92 Å². The van der Waals surface area contributed by atoms with Crippen molar-refractivity contribution in [2.24, 2.45) is 12.1 Å². The first-order chi connectivity index (χ1) is 13.5. The smallest absolute Gasteiger partial charge is 0.281 e. The van der Waals surface area contributed by atoms with Crippen molar-refractivity contribution >= 4 is 44.8 Å². The molecule has 0 aliphatic rings. The first kappa shape index (κ1) is 17.9. The Morgan fingerprint density at radius 2 is 2.07 bits per heavy atom. The molecule has 2 heterocycles. The van der Waals surface area contributed by atoms with Gasteiger partial charge in [-0.3, -0.25) is 10.1 Å². The lowest BCUT2D eigenvalue weighted by Crippen LogP contribution is -1.98. The summed E-state index contributed by atoms with van der Waals surface area (Å²) in [5.41, 5.74) is 5.10. The molecule has 0 bridgehead atoms. The number of rotatable bonds is 5. The average molecular weight is 440 g/mol. The molecule has 140 valence electrons. The maximum atomic E-state index is 11.3. The van der Waals surface area contributed by atoms with Crippen LogP contribution in [-0.4, -0.2) is 20.7 Å². The van der Waals surface area contributed by atoms with E-state index in [0.29, 0.717) is 27.5 Å². The van der Waals surface area contributed by atoms with Gasteiger partial charge in [-0.05, 0) is 36.4 Å². The summed E-state index contributed by atoms with van der Waals surface area (Å²) in [5, 5.41) is 15.4. The number of benzene rings is 2. The van der Waals surface area contributed by atoms with Gasteiger partial charge in [0.2, 0.25) is 5.95 Å². The van der Waals surface area contributed by atoms with E-state index in [-0.39, 0.29) is 5.69 Å². The highest BCUT2D eigenvalue weighted by Crippen LogP contribution is 2.33. The fourth-order valence-electron chi connectivity index (χ4n) is 2.83. The molecule has 0 aliphatic heterocycles. The van der Waals surface area contributed by atoms with Crippen LogP contribution in [0.2, 0.25) is 0 Å². The molecule has 0 amide bonds. The Labute approximate surface area is 167 Å². The SMILES string of the molecule is Cn1c(N/N=C\c2ccc(-c3ccc(Br)cc3[N+](=O)[O-])o2)nc2ccccc21. The van der Waals surface area contributed by atoms with Crippen LogP contribution in [0.4, 0.5) is 11.6 Å². The van der Waals surface area contributed by atoms with Gasteiger partial charge in [-0.15, -0.1) is 0 Å². The van der Waals surface area contributed by atoms with Crippen LogP contribution in [0.1, 0.15) is 5.76 Å². The number of nitro groups is 1. The summed E-state index contributed by atoms with van der Waals surface area (Å²) in [4.78, 5) is 15.3. The van der Waals surface area contributed by atoms with E-state index in [1.54, 1.807) is 24.3 Å². The molecule has 0 atom stereocenters. The fraction of sp³-hybridized carbons (Fsp3) is 0.0526. The number of aryl methyl sites for hydroxylation is 1. The lowest BCUT2D eigenvalue weighted by atomic mass is 10.1. The van der Waals surface area contributed by atoms with Crippen LogP contribution in [0.15, 0.2) is 68.6 Å². The number of nitro benzene ring substituents is 1. The van der Waals surface area contributed by atoms with Gasteiger partial charge in [0.15, 0.2) is 0 Å². The van der Waals surface area contributed by atoms with E-state index in [0.717, 1.165) is 11.0 Å². The molecule has 4 aromatic rings. The maximum absolute atomic E-state index is 11.3. The van der Waals surface area contributed by atoms with Crippen molar-refractivity contribution in [2.75, 3.05) is 5.43 Å². The Morgan fingerprint density at radius 3 is 2.86 bits per heavy atom. The zero-order chi connectivity index (χ0) is 19.7. The van der Waals surface area contributed by atoms with Gasteiger partial charge >= 0.3 is 0 Å². The Bertz CT molecular complexity index is 1210. The monoisotopic (exact) mass is 439 g/mol. The van der Waals surface area contributed by atoms with Crippen LogP contribution in [0.3, 0.4) is 0 Å². The van der Waals surface area contributed by atoms with Crippen molar-refractivity contribution in [3.05, 3.63) is 74.9 Å². The first-order valence-corrected chi connectivity index (χ1v) is 9.07. The average Bonchev–Trinajstić information content (AvgIpc) is 3.27. The summed E-state index contributed by atoms with van der Waals surface area (Å²) in [6, 6.07) is 15.9. The molecule has 28 heavy (non-hydrogen) atoms. The molecule has 0 spiro atoms. The highest BCUT2D eigenvalue weighted by molar-refractivity contribution is 9.10. The topological polar surface area (TPSA) is 98.5 Å². The Balaban J connectivity index is 1.55. The minimum atomic E-state index is -0.441. The quantitative estimate of drug-likeness (QED) is 0.269. The van der Waals surface area contributed by atoms with E-state index in [1.807, 2.05) is 35.9 Å². The van der Waals surface area contributed by atoms with Gasteiger partial charge in [-0.2, -0.15) is 5.10 Å². The summed E-state index contributed by atoms with van der Waals surface area (Å²) < 4.78 is 8.21. The number of halogens is 1. The van der Waals surface area contributed by atoms with E-state index >= 15 is 0 Å². The van der Waals surface area contributed by atoms with Gasteiger partial charge in [-0.1, -0.05) is 28.1 Å². The van der Waals surface area contributed by atoms with Crippen molar-refractivity contribution in [1.29, 1.82) is 0 Å². The van der Waals surface area contributed by atoms with Crippen molar-refractivity contribution in [2.45, 2.75) is 0 Å². The normalized spacial score (nSPS) is 11.4. The van der Waals surface area contributed by atoms with Crippen molar-refractivity contribution in [3.8, 4) is 11.3 Å². The minimum Gasteiger partial charge on any atom is -0.455 e. The number of anilines is 1. The number of imidazole rings is 1. The van der Waals surface area contributed by atoms with Crippen molar-refractivity contribution < 1.29 is 9.34 Å². The largest absolute Gasteiger partial charge is 0.455 e. The molecule has 4 rings (SSSR count). The molecule has 0 saturated heterocycles. The minimum absolute atomic E-state index is 0.0370. The number of aromatic nitrogens is 2. The van der Waals surface area contributed by atoms with Crippen LogP contribution >= 0.6 is 15.9 Å². The highest BCUT2D eigenvalue weighted by Gasteiger charge is 2.18. The second kappa shape index (κ2) is 7.28. The summed E-state index contributed by atoms with van der Waals surface area (Å²) in [6.45, 7) is 0.